The van der Waals surface area contributed by atoms with E-state index in [2.05, 4.69) is 5.32 Å². The Bertz CT molecular complexity index is 355. The van der Waals surface area contributed by atoms with E-state index in [0.717, 1.165) is 17.1 Å². The predicted octanol–water partition coefficient (Wildman–Crippen LogP) is 1.74. The fraction of sp³-hybridized carbons (Fsp3) is 0.538. The van der Waals surface area contributed by atoms with Crippen LogP contribution in [0.5, 0.6) is 11.5 Å². The van der Waals surface area contributed by atoms with Crippen molar-refractivity contribution in [2.75, 3.05) is 20.8 Å². The first-order valence-corrected chi connectivity index (χ1v) is 5.71. The van der Waals surface area contributed by atoms with Gasteiger partial charge in [0, 0.05) is 17.6 Å². The van der Waals surface area contributed by atoms with Crippen LogP contribution in [0.15, 0.2) is 18.2 Å². The van der Waals surface area contributed by atoms with E-state index in [1.165, 1.54) is 0 Å². The zero-order chi connectivity index (χ0) is 12.8. The Balaban J connectivity index is 2.92. The third-order valence-electron chi connectivity index (χ3n) is 2.71. The fourth-order valence-electron chi connectivity index (χ4n) is 1.75. The second-order valence-corrected chi connectivity index (χ2v) is 4.08. The topological polar surface area (TPSA) is 50.7 Å². The number of aliphatic hydroxyl groups excluding tert-OH is 1. The Labute approximate surface area is 103 Å². The molecule has 0 radical (unpaired) electrons. The smallest absolute Gasteiger partial charge is 0.123 e. The Morgan fingerprint density at radius 2 is 1.94 bits per heavy atom. The van der Waals surface area contributed by atoms with Gasteiger partial charge in [0.25, 0.3) is 0 Å². The van der Waals surface area contributed by atoms with Gasteiger partial charge in [0.05, 0.1) is 20.8 Å². The van der Waals surface area contributed by atoms with Gasteiger partial charge in [-0.25, -0.2) is 0 Å². The van der Waals surface area contributed by atoms with Crippen molar-refractivity contribution in [3.8, 4) is 11.5 Å². The molecular formula is C13H21NO3. The number of ether oxygens (including phenoxy) is 2. The lowest BCUT2D eigenvalue weighted by atomic mass is 10.1. The van der Waals surface area contributed by atoms with Crippen LogP contribution in [0.25, 0.3) is 0 Å². The summed E-state index contributed by atoms with van der Waals surface area (Å²) >= 11 is 0. The largest absolute Gasteiger partial charge is 0.497 e. The van der Waals surface area contributed by atoms with Crippen molar-refractivity contribution >= 4 is 0 Å². The van der Waals surface area contributed by atoms with Crippen LogP contribution in [0, 0.1) is 0 Å². The van der Waals surface area contributed by atoms with Crippen LogP contribution in [-0.2, 0) is 0 Å². The van der Waals surface area contributed by atoms with Crippen LogP contribution in [0.2, 0.25) is 0 Å². The van der Waals surface area contributed by atoms with Gasteiger partial charge in [-0.1, -0.05) is 0 Å². The fourth-order valence-corrected chi connectivity index (χ4v) is 1.75. The first-order chi connectivity index (χ1) is 8.12. The highest BCUT2D eigenvalue weighted by Crippen LogP contribution is 2.29. The molecule has 0 aliphatic heterocycles. The lowest BCUT2D eigenvalue weighted by molar-refractivity contribution is 0.242. The molecule has 4 heteroatoms. The van der Waals surface area contributed by atoms with Crippen molar-refractivity contribution < 1.29 is 14.6 Å². The Kier molecular flexibility index (Phi) is 5.25. The summed E-state index contributed by atoms with van der Waals surface area (Å²) in [5.74, 6) is 1.61. The summed E-state index contributed by atoms with van der Waals surface area (Å²) in [6, 6.07) is 5.82. The first kappa shape index (κ1) is 13.8. The highest BCUT2D eigenvalue weighted by molar-refractivity contribution is 5.42. The zero-order valence-electron chi connectivity index (χ0n) is 10.9. The maximum absolute atomic E-state index is 9.04. The molecule has 0 aromatic heterocycles. The predicted molar refractivity (Wildman–Crippen MR) is 67.6 cm³/mol. The van der Waals surface area contributed by atoms with Crippen molar-refractivity contribution in [3.63, 3.8) is 0 Å². The molecule has 0 spiro atoms. The monoisotopic (exact) mass is 239 g/mol. The Morgan fingerprint density at radius 3 is 2.47 bits per heavy atom. The summed E-state index contributed by atoms with van der Waals surface area (Å²) in [7, 11) is 3.29. The number of methoxy groups -OCH3 is 2. The SMILES string of the molecule is COc1ccc(OC)c(C(C)N[C@H](C)CO)c1. The van der Waals surface area contributed by atoms with Crippen LogP contribution in [0.3, 0.4) is 0 Å². The summed E-state index contributed by atoms with van der Waals surface area (Å²) in [5, 5.41) is 12.3. The average molecular weight is 239 g/mol. The van der Waals surface area contributed by atoms with E-state index >= 15 is 0 Å². The van der Waals surface area contributed by atoms with Crippen LogP contribution in [-0.4, -0.2) is 32.0 Å². The van der Waals surface area contributed by atoms with Crippen LogP contribution >= 0.6 is 0 Å². The van der Waals surface area contributed by atoms with E-state index < -0.39 is 0 Å². The first-order valence-electron chi connectivity index (χ1n) is 5.71. The van der Waals surface area contributed by atoms with Gasteiger partial charge < -0.3 is 19.9 Å². The van der Waals surface area contributed by atoms with Crippen molar-refractivity contribution in [2.45, 2.75) is 25.9 Å². The molecule has 0 fully saturated rings. The van der Waals surface area contributed by atoms with E-state index in [-0.39, 0.29) is 18.7 Å². The van der Waals surface area contributed by atoms with Crippen LogP contribution < -0.4 is 14.8 Å². The molecule has 1 aromatic rings. The van der Waals surface area contributed by atoms with E-state index in [1.54, 1.807) is 14.2 Å². The van der Waals surface area contributed by atoms with Gasteiger partial charge in [-0.15, -0.1) is 0 Å². The van der Waals surface area contributed by atoms with Crippen molar-refractivity contribution in [1.82, 2.24) is 5.32 Å². The van der Waals surface area contributed by atoms with Gasteiger partial charge >= 0.3 is 0 Å². The highest BCUT2D eigenvalue weighted by Gasteiger charge is 2.14. The van der Waals surface area contributed by atoms with E-state index in [4.69, 9.17) is 14.6 Å². The minimum absolute atomic E-state index is 0.0425. The summed E-state index contributed by atoms with van der Waals surface area (Å²) in [4.78, 5) is 0. The number of hydrogen-bond acceptors (Lipinski definition) is 4. The summed E-state index contributed by atoms with van der Waals surface area (Å²) in [6.45, 7) is 4.07. The Morgan fingerprint density at radius 1 is 1.24 bits per heavy atom. The molecule has 0 bridgehead atoms. The molecule has 0 heterocycles. The normalized spacial score (nSPS) is 14.2. The average Bonchev–Trinajstić information content (AvgIpc) is 2.37. The van der Waals surface area contributed by atoms with Gasteiger partial charge in [-0.05, 0) is 32.0 Å². The molecule has 1 rings (SSSR count). The molecule has 0 aliphatic carbocycles. The number of benzene rings is 1. The van der Waals surface area contributed by atoms with Gasteiger partial charge in [-0.2, -0.15) is 0 Å². The maximum atomic E-state index is 9.04. The second-order valence-electron chi connectivity index (χ2n) is 4.08. The van der Waals surface area contributed by atoms with Crippen LogP contribution in [0.4, 0.5) is 0 Å². The minimum Gasteiger partial charge on any atom is -0.497 e. The number of rotatable bonds is 6. The quantitative estimate of drug-likeness (QED) is 0.794. The standard InChI is InChI=1S/C13H21NO3/c1-9(8-15)14-10(2)12-7-11(16-3)5-6-13(12)17-4/h5-7,9-10,14-15H,8H2,1-4H3/t9-,10?/m1/s1. The Hall–Kier alpha value is -1.26. The molecule has 96 valence electrons. The molecule has 4 nitrogen and oxygen atoms in total. The minimum atomic E-state index is 0.0425. The molecule has 0 saturated heterocycles. The lowest BCUT2D eigenvalue weighted by Gasteiger charge is -2.21. The third-order valence-corrected chi connectivity index (χ3v) is 2.71. The summed E-state index contributed by atoms with van der Waals surface area (Å²) in [6.07, 6.45) is 0. The maximum Gasteiger partial charge on any atom is 0.123 e. The highest BCUT2D eigenvalue weighted by atomic mass is 16.5. The molecule has 2 N–H and O–H groups in total. The number of hydrogen-bond donors (Lipinski definition) is 2. The molecule has 17 heavy (non-hydrogen) atoms. The van der Waals surface area contributed by atoms with Gasteiger partial charge in [0.1, 0.15) is 11.5 Å². The van der Waals surface area contributed by atoms with E-state index in [9.17, 15) is 0 Å². The van der Waals surface area contributed by atoms with Crippen molar-refractivity contribution in [1.29, 1.82) is 0 Å². The zero-order valence-corrected chi connectivity index (χ0v) is 10.9. The molecule has 0 aliphatic rings. The summed E-state index contributed by atoms with van der Waals surface area (Å²) < 4.78 is 10.5. The molecule has 2 atom stereocenters. The summed E-state index contributed by atoms with van der Waals surface area (Å²) in [5.41, 5.74) is 1.02. The van der Waals surface area contributed by atoms with E-state index in [0.29, 0.717) is 0 Å². The number of aliphatic hydroxyl groups is 1. The van der Waals surface area contributed by atoms with E-state index in [1.807, 2.05) is 32.0 Å². The number of nitrogens with one attached hydrogen (secondary N) is 1. The van der Waals surface area contributed by atoms with Crippen LogP contribution in [0.1, 0.15) is 25.5 Å². The molecule has 0 amide bonds. The van der Waals surface area contributed by atoms with Crippen molar-refractivity contribution in [3.05, 3.63) is 23.8 Å². The molecule has 1 aromatic carbocycles. The lowest BCUT2D eigenvalue weighted by Crippen LogP contribution is -2.31. The van der Waals surface area contributed by atoms with Gasteiger partial charge in [-0.3, -0.25) is 0 Å². The molecule has 1 unspecified atom stereocenters. The third kappa shape index (κ3) is 3.61. The van der Waals surface area contributed by atoms with Gasteiger partial charge in [0.2, 0.25) is 0 Å². The van der Waals surface area contributed by atoms with Crippen molar-refractivity contribution in [2.24, 2.45) is 0 Å². The molecular weight excluding hydrogens is 218 g/mol. The second kappa shape index (κ2) is 6.47. The molecule has 0 saturated carbocycles. The van der Waals surface area contributed by atoms with Gasteiger partial charge in [0.15, 0.2) is 0 Å².